The highest BCUT2D eigenvalue weighted by atomic mass is 16.4. The molecular formula is C11H22NO2-. The Hall–Kier alpha value is -0.570. The van der Waals surface area contributed by atoms with E-state index < -0.39 is 12.0 Å². The monoisotopic (exact) mass is 200 g/mol. The first-order chi connectivity index (χ1) is 6.54. The van der Waals surface area contributed by atoms with Crippen LogP contribution in [0, 0.1) is 5.92 Å². The molecule has 0 bridgehead atoms. The van der Waals surface area contributed by atoms with E-state index >= 15 is 0 Å². The highest BCUT2D eigenvalue weighted by molar-refractivity contribution is 5.71. The minimum absolute atomic E-state index is 0.109. The predicted octanol–water partition coefficient (Wildman–Crippen LogP) is 0.883. The van der Waals surface area contributed by atoms with Crippen LogP contribution >= 0.6 is 0 Å². The summed E-state index contributed by atoms with van der Waals surface area (Å²) in [6.45, 7) is 9.66. The van der Waals surface area contributed by atoms with E-state index in [1.165, 1.54) is 0 Å². The lowest BCUT2D eigenvalue weighted by molar-refractivity contribution is -0.313. The topological polar surface area (TPSA) is 43.4 Å². The summed E-state index contributed by atoms with van der Waals surface area (Å²) < 4.78 is 0. The van der Waals surface area contributed by atoms with Crippen molar-refractivity contribution in [2.24, 2.45) is 5.92 Å². The fraction of sp³-hybridized carbons (Fsp3) is 0.909. The molecular weight excluding hydrogens is 178 g/mol. The molecule has 0 amide bonds. The fourth-order valence-corrected chi connectivity index (χ4v) is 1.81. The third kappa shape index (κ3) is 4.09. The van der Waals surface area contributed by atoms with Gasteiger partial charge in [0.25, 0.3) is 0 Å². The van der Waals surface area contributed by atoms with Gasteiger partial charge in [-0.15, -0.1) is 0 Å². The number of carboxylic acid groups (broad SMARTS) is 1. The van der Waals surface area contributed by atoms with E-state index in [0.717, 1.165) is 25.9 Å². The largest absolute Gasteiger partial charge is 0.548 e. The summed E-state index contributed by atoms with van der Waals surface area (Å²) in [5, 5.41) is 11.0. The molecule has 0 aromatic heterocycles. The molecule has 0 aromatic rings. The van der Waals surface area contributed by atoms with E-state index in [2.05, 4.69) is 13.8 Å². The van der Waals surface area contributed by atoms with Crippen LogP contribution in [0.25, 0.3) is 0 Å². The lowest BCUT2D eigenvalue weighted by Gasteiger charge is -2.34. The second-order valence-electron chi connectivity index (χ2n) is 4.04. The second kappa shape index (κ2) is 6.82. The van der Waals surface area contributed by atoms with Crippen LogP contribution in [-0.2, 0) is 4.79 Å². The van der Waals surface area contributed by atoms with Crippen LogP contribution < -0.4 is 5.11 Å². The van der Waals surface area contributed by atoms with Gasteiger partial charge in [-0.25, -0.2) is 0 Å². The molecule has 14 heavy (non-hydrogen) atoms. The number of carbonyl (C=O) groups is 1. The summed E-state index contributed by atoms with van der Waals surface area (Å²) in [6, 6.07) is -0.435. The first-order valence-corrected chi connectivity index (χ1v) is 5.49. The van der Waals surface area contributed by atoms with Gasteiger partial charge in [0.15, 0.2) is 0 Å². The predicted molar refractivity (Wildman–Crippen MR) is 55.8 cm³/mol. The first-order valence-electron chi connectivity index (χ1n) is 5.49. The minimum atomic E-state index is -0.943. The van der Waals surface area contributed by atoms with Crippen molar-refractivity contribution < 1.29 is 9.90 Å². The molecule has 0 N–H and O–H groups in total. The molecule has 0 rings (SSSR count). The molecule has 0 aromatic carbocycles. The van der Waals surface area contributed by atoms with Gasteiger partial charge >= 0.3 is 0 Å². The average molecular weight is 200 g/mol. The highest BCUT2D eigenvalue weighted by Crippen LogP contribution is 2.11. The third-order valence-electron chi connectivity index (χ3n) is 2.29. The van der Waals surface area contributed by atoms with Crippen molar-refractivity contribution in [1.29, 1.82) is 0 Å². The Morgan fingerprint density at radius 2 is 1.64 bits per heavy atom. The van der Waals surface area contributed by atoms with Crippen molar-refractivity contribution in [1.82, 2.24) is 4.90 Å². The van der Waals surface area contributed by atoms with Crippen LogP contribution in [0.15, 0.2) is 0 Å². The number of nitrogens with zero attached hydrogens (tertiary/aromatic N) is 1. The number of hydrogen-bond donors (Lipinski definition) is 0. The van der Waals surface area contributed by atoms with E-state index in [1.807, 2.05) is 18.7 Å². The average Bonchev–Trinajstić information content (AvgIpc) is 2.03. The molecule has 3 nitrogen and oxygen atoms in total. The van der Waals surface area contributed by atoms with Crippen LogP contribution in [0.3, 0.4) is 0 Å². The molecule has 0 aliphatic carbocycles. The van der Waals surface area contributed by atoms with Crippen LogP contribution in [0.1, 0.15) is 40.5 Å². The van der Waals surface area contributed by atoms with Gasteiger partial charge in [-0.1, -0.05) is 27.7 Å². The van der Waals surface area contributed by atoms with Gasteiger partial charge in [0.2, 0.25) is 0 Å². The van der Waals surface area contributed by atoms with Crippen LogP contribution in [0.5, 0.6) is 0 Å². The lowest BCUT2D eigenvalue weighted by atomic mass is 10.0. The lowest BCUT2D eigenvalue weighted by Crippen LogP contribution is -2.51. The van der Waals surface area contributed by atoms with Crippen molar-refractivity contribution in [3.05, 3.63) is 0 Å². The van der Waals surface area contributed by atoms with Gasteiger partial charge in [-0.2, -0.15) is 0 Å². The van der Waals surface area contributed by atoms with Gasteiger partial charge in [0.1, 0.15) is 0 Å². The number of rotatable bonds is 7. The molecule has 0 aliphatic rings. The molecule has 0 aliphatic heterocycles. The van der Waals surface area contributed by atoms with Gasteiger partial charge in [0, 0.05) is 0 Å². The van der Waals surface area contributed by atoms with Crippen LogP contribution in [0.4, 0.5) is 0 Å². The Morgan fingerprint density at radius 1 is 1.21 bits per heavy atom. The summed E-state index contributed by atoms with van der Waals surface area (Å²) in [6.07, 6.45) is 1.97. The maximum Gasteiger partial charge on any atom is 0.0589 e. The maximum absolute atomic E-state index is 11.0. The normalized spacial score (nSPS) is 13.6. The van der Waals surface area contributed by atoms with Gasteiger partial charge in [0.05, 0.1) is 12.0 Å². The quantitative estimate of drug-likeness (QED) is 0.613. The zero-order chi connectivity index (χ0) is 11.1. The summed E-state index contributed by atoms with van der Waals surface area (Å²) >= 11 is 0. The molecule has 0 fully saturated rings. The van der Waals surface area contributed by atoms with Crippen molar-refractivity contribution in [3.63, 3.8) is 0 Å². The Kier molecular flexibility index (Phi) is 6.54. The van der Waals surface area contributed by atoms with E-state index in [9.17, 15) is 9.90 Å². The second-order valence-corrected chi connectivity index (χ2v) is 4.04. The number of carbonyl (C=O) groups excluding carboxylic acids is 1. The van der Waals surface area contributed by atoms with Crippen molar-refractivity contribution in [2.75, 3.05) is 13.1 Å². The van der Waals surface area contributed by atoms with Crippen LogP contribution in [0.2, 0.25) is 0 Å². The van der Waals surface area contributed by atoms with E-state index in [0.29, 0.717) is 0 Å². The summed E-state index contributed by atoms with van der Waals surface area (Å²) in [5.74, 6) is -0.833. The van der Waals surface area contributed by atoms with Gasteiger partial charge < -0.3 is 9.90 Å². The Morgan fingerprint density at radius 3 is 1.86 bits per heavy atom. The molecule has 84 valence electrons. The summed E-state index contributed by atoms with van der Waals surface area (Å²) in [4.78, 5) is 13.0. The molecule has 1 unspecified atom stereocenters. The Labute approximate surface area is 87.1 Å². The molecule has 0 saturated carbocycles. The molecule has 0 saturated heterocycles. The maximum atomic E-state index is 11.0. The number of aliphatic carboxylic acids is 1. The van der Waals surface area contributed by atoms with Crippen molar-refractivity contribution in [3.8, 4) is 0 Å². The van der Waals surface area contributed by atoms with Gasteiger partial charge in [-0.05, 0) is 31.8 Å². The zero-order valence-electron chi connectivity index (χ0n) is 9.75. The summed E-state index contributed by atoms with van der Waals surface area (Å²) in [5.41, 5.74) is 0. The van der Waals surface area contributed by atoms with E-state index in [1.54, 1.807) is 0 Å². The zero-order valence-corrected chi connectivity index (χ0v) is 9.75. The highest BCUT2D eigenvalue weighted by Gasteiger charge is 2.21. The SMILES string of the molecule is CCCN(CCC)C(C(=O)[O-])C(C)C. The Balaban J connectivity index is 4.46. The molecule has 1 atom stereocenters. The molecule has 0 radical (unpaired) electrons. The standard InChI is InChI=1S/C11H23NO2/c1-5-7-12(8-6-2)10(9(3)4)11(13)14/h9-10H,5-8H2,1-4H3,(H,13,14)/p-1. The number of hydrogen-bond acceptors (Lipinski definition) is 3. The third-order valence-corrected chi connectivity index (χ3v) is 2.29. The molecule has 0 spiro atoms. The van der Waals surface area contributed by atoms with Crippen molar-refractivity contribution >= 4 is 5.97 Å². The smallest absolute Gasteiger partial charge is 0.0589 e. The van der Waals surface area contributed by atoms with E-state index in [4.69, 9.17) is 0 Å². The van der Waals surface area contributed by atoms with Crippen molar-refractivity contribution in [2.45, 2.75) is 46.6 Å². The molecule has 0 heterocycles. The van der Waals surface area contributed by atoms with Gasteiger partial charge in [-0.3, -0.25) is 4.90 Å². The summed E-state index contributed by atoms with van der Waals surface area (Å²) in [7, 11) is 0. The fourth-order valence-electron chi connectivity index (χ4n) is 1.81. The Bertz CT molecular complexity index is 163. The first kappa shape index (κ1) is 13.4. The number of carboxylic acids is 1. The minimum Gasteiger partial charge on any atom is -0.548 e. The van der Waals surface area contributed by atoms with E-state index in [-0.39, 0.29) is 5.92 Å². The van der Waals surface area contributed by atoms with Crippen LogP contribution in [-0.4, -0.2) is 30.0 Å². The molecule has 3 heteroatoms.